The Bertz CT molecular complexity index is 213. The number of carbonyl (C=O) groups excluding carboxylic acids is 2. The molecule has 0 radical (unpaired) electrons. The smallest absolute Gasteiger partial charge is 0.305 e. The summed E-state index contributed by atoms with van der Waals surface area (Å²) in [5, 5.41) is 0. The van der Waals surface area contributed by atoms with Crippen LogP contribution >= 0.6 is 0 Å². The van der Waals surface area contributed by atoms with Crippen molar-refractivity contribution in [2.45, 2.75) is 58.2 Å². The maximum atomic E-state index is 11.0. The summed E-state index contributed by atoms with van der Waals surface area (Å²) in [6.07, 6.45) is 2.92. The zero-order valence-corrected chi connectivity index (χ0v) is 9.32. The molecule has 0 aromatic rings. The van der Waals surface area contributed by atoms with Crippen molar-refractivity contribution < 1.29 is 19.1 Å². The lowest BCUT2D eigenvalue weighted by Crippen LogP contribution is -2.18. The highest BCUT2D eigenvalue weighted by molar-refractivity contribution is 5.69. The van der Waals surface area contributed by atoms with E-state index in [2.05, 4.69) is 0 Å². The van der Waals surface area contributed by atoms with Gasteiger partial charge in [0.1, 0.15) is 12.2 Å². The first-order chi connectivity index (χ1) is 7.15. The fourth-order valence-electron chi connectivity index (χ4n) is 1.65. The summed E-state index contributed by atoms with van der Waals surface area (Å²) in [5.41, 5.74) is 0. The van der Waals surface area contributed by atoms with Crippen molar-refractivity contribution >= 4 is 11.9 Å². The molecule has 0 N–H and O–H groups in total. The number of rotatable bonds is 4. The molecule has 86 valence electrons. The van der Waals surface area contributed by atoms with Crippen molar-refractivity contribution in [3.05, 3.63) is 0 Å². The van der Waals surface area contributed by atoms with Crippen LogP contribution in [0.25, 0.3) is 0 Å². The van der Waals surface area contributed by atoms with Crippen LogP contribution in [0.3, 0.4) is 0 Å². The van der Waals surface area contributed by atoms with E-state index in [1.54, 1.807) is 13.8 Å². The Morgan fingerprint density at radius 1 is 1.00 bits per heavy atom. The molecule has 1 aliphatic rings. The molecule has 1 fully saturated rings. The third kappa shape index (κ3) is 3.90. The summed E-state index contributed by atoms with van der Waals surface area (Å²) < 4.78 is 10.4. The van der Waals surface area contributed by atoms with E-state index >= 15 is 0 Å². The quantitative estimate of drug-likeness (QED) is 0.670. The number of hydrogen-bond donors (Lipinski definition) is 0. The molecule has 0 spiro atoms. The van der Waals surface area contributed by atoms with E-state index in [9.17, 15) is 9.59 Å². The molecule has 0 bridgehead atoms. The van der Waals surface area contributed by atoms with Crippen LogP contribution in [0.2, 0.25) is 0 Å². The van der Waals surface area contributed by atoms with Gasteiger partial charge in [-0.1, -0.05) is 13.8 Å². The largest absolute Gasteiger partial charge is 0.462 e. The van der Waals surface area contributed by atoms with Crippen molar-refractivity contribution in [3.63, 3.8) is 0 Å². The van der Waals surface area contributed by atoms with Crippen LogP contribution < -0.4 is 0 Å². The monoisotopic (exact) mass is 214 g/mol. The topological polar surface area (TPSA) is 52.6 Å². The van der Waals surface area contributed by atoms with Crippen LogP contribution in [-0.4, -0.2) is 24.1 Å². The molecule has 0 aromatic carbocycles. The maximum Gasteiger partial charge on any atom is 0.305 e. The number of ether oxygens (including phenoxy) is 2. The summed E-state index contributed by atoms with van der Waals surface area (Å²) in [6.45, 7) is 3.54. The average Bonchev–Trinajstić information content (AvgIpc) is 2.65. The Balaban J connectivity index is 2.26. The van der Waals surface area contributed by atoms with Crippen LogP contribution in [-0.2, 0) is 19.1 Å². The molecule has 0 aromatic heterocycles. The Morgan fingerprint density at radius 3 is 1.73 bits per heavy atom. The van der Waals surface area contributed by atoms with Crippen molar-refractivity contribution in [3.8, 4) is 0 Å². The molecule has 15 heavy (non-hydrogen) atoms. The van der Waals surface area contributed by atoms with Gasteiger partial charge in [0, 0.05) is 19.3 Å². The highest BCUT2D eigenvalue weighted by atomic mass is 16.6. The fraction of sp³-hybridized carbons (Fsp3) is 0.818. The van der Waals surface area contributed by atoms with E-state index in [1.165, 1.54) is 0 Å². The van der Waals surface area contributed by atoms with Crippen molar-refractivity contribution in [2.75, 3.05) is 0 Å². The lowest BCUT2D eigenvalue weighted by Gasteiger charge is -2.12. The molecule has 2 atom stereocenters. The van der Waals surface area contributed by atoms with E-state index < -0.39 is 0 Å². The van der Waals surface area contributed by atoms with E-state index in [0.717, 1.165) is 12.8 Å². The van der Waals surface area contributed by atoms with E-state index in [1.807, 2.05) is 0 Å². The van der Waals surface area contributed by atoms with Gasteiger partial charge in [0.05, 0.1) is 0 Å². The summed E-state index contributed by atoms with van der Waals surface area (Å²) in [6, 6.07) is 0. The van der Waals surface area contributed by atoms with Gasteiger partial charge < -0.3 is 9.47 Å². The van der Waals surface area contributed by atoms with Gasteiger partial charge in [0.25, 0.3) is 0 Å². The fourth-order valence-corrected chi connectivity index (χ4v) is 1.65. The van der Waals surface area contributed by atoms with Crippen LogP contribution in [0.15, 0.2) is 0 Å². The normalized spacial score (nSPS) is 24.9. The first-order valence-corrected chi connectivity index (χ1v) is 5.54. The van der Waals surface area contributed by atoms with Gasteiger partial charge in [0.2, 0.25) is 0 Å². The van der Waals surface area contributed by atoms with Gasteiger partial charge in [-0.25, -0.2) is 0 Å². The van der Waals surface area contributed by atoms with Gasteiger partial charge in [-0.3, -0.25) is 9.59 Å². The van der Waals surface area contributed by atoms with Crippen LogP contribution in [0.5, 0.6) is 0 Å². The second-order valence-electron chi connectivity index (χ2n) is 3.74. The summed E-state index contributed by atoms with van der Waals surface area (Å²) >= 11 is 0. The molecule has 4 heteroatoms. The Hall–Kier alpha value is -1.06. The molecule has 0 aliphatic heterocycles. The molecular formula is C11H18O4. The lowest BCUT2D eigenvalue weighted by atomic mass is 10.3. The van der Waals surface area contributed by atoms with Gasteiger partial charge in [-0.05, 0) is 12.8 Å². The standard InChI is InChI=1S/C11H18O4/c1-3-10(12)14-8-5-6-9(7-8)15-11(13)4-2/h8-9H,3-7H2,1-2H3/t8-,9+. The Labute approximate surface area is 89.9 Å². The van der Waals surface area contributed by atoms with Crippen LogP contribution in [0, 0.1) is 0 Å². The molecule has 1 aliphatic carbocycles. The summed E-state index contributed by atoms with van der Waals surface area (Å²) in [4.78, 5) is 22.0. The molecule has 0 amide bonds. The number of esters is 2. The summed E-state index contributed by atoms with van der Waals surface area (Å²) in [5.74, 6) is -0.357. The van der Waals surface area contributed by atoms with Gasteiger partial charge in [-0.2, -0.15) is 0 Å². The zero-order valence-electron chi connectivity index (χ0n) is 9.32. The minimum absolute atomic E-state index is 0.0629. The molecular weight excluding hydrogens is 196 g/mol. The minimum atomic E-state index is -0.178. The first kappa shape index (κ1) is 12.0. The second-order valence-corrected chi connectivity index (χ2v) is 3.74. The highest BCUT2D eigenvalue weighted by Crippen LogP contribution is 2.25. The SMILES string of the molecule is CCC(=O)O[C@@H]1CC[C@H](OC(=O)CC)C1. The highest BCUT2D eigenvalue weighted by Gasteiger charge is 2.29. The molecule has 1 saturated carbocycles. The average molecular weight is 214 g/mol. The molecule has 1 rings (SSSR count). The maximum absolute atomic E-state index is 11.0. The molecule has 0 unspecified atom stereocenters. The predicted molar refractivity (Wildman–Crippen MR) is 54.2 cm³/mol. The molecule has 4 nitrogen and oxygen atoms in total. The van der Waals surface area contributed by atoms with Crippen LogP contribution in [0.1, 0.15) is 46.0 Å². The first-order valence-electron chi connectivity index (χ1n) is 5.54. The number of hydrogen-bond acceptors (Lipinski definition) is 4. The molecule has 0 saturated heterocycles. The predicted octanol–water partition coefficient (Wildman–Crippen LogP) is 1.81. The van der Waals surface area contributed by atoms with E-state index in [4.69, 9.17) is 9.47 Å². The zero-order chi connectivity index (χ0) is 11.3. The third-order valence-electron chi connectivity index (χ3n) is 2.51. The van der Waals surface area contributed by atoms with E-state index in [0.29, 0.717) is 19.3 Å². The summed E-state index contributed by atoms with van der Waals surface area (Å²) in [7, 11) is 0. The second kappa shape index (κ2) is 5.73. The van der Waals surface area contributed by atoms with Gasteiger partial charge >= 0.3 is 11.9 Å². The Kier molecular flexibility index (Phi) is 4.59. The molecule has 0 heterocycles. The minimum Gasteiger partial charge on any atom is -0.462 e. The van der Waals surface area contributed by atoms with Crippen LogP contribution in [0.4, 0.5) is 0 Å². The number of carbonyl (C=O) groups is 2. The van der Waals surface area contributed by atoms with Crippen molar-refractivity contribution in [1.29, 1.82) is 0 Å². The van der Waals surface area contributed by atoms with Crippen molar-refractivity contribution in [1.82, 2.24) is 0 Å². The Morgan fingerprint density at radius 2 is 1.40 bits per heavy atom. The third-order valence-corrected chi connectivity index (χ3v) is 2.51. The van der Waals surface area contributed by atoms with Gasteiger partial charge in [0.15, 0.2) is 0 Å². The lowest BCUT2D eigenvalue weighted by molar-refractivity contribution is -0.150. The van der Waals surface area contributed by atoms with Gasteiger partial charge in [-0.15, -0.1) is 0 Å². The van der Waals surface area contributed by atoms with Crippen molar-refractivity contribution in [2.24, 2.45) is 0 Å². The van der Waals surface area contributed by atoms with E-state index in [-0.39, 0.29) is 24.1 Å².